The Labute approximate surface area is 137 Å². The highest BCUT2D eigenvalue weighted by Gasteiger charge is 2.20. The van der Waals surface area contributed by atoms with Crippen LogP contribution in [0.25, 0.3) is 0 Å². The van der Waals surface area contributed by atoms with Crippen LogP contribution in [0.1, 0.15) is 61.9 Å². The third-order valence-electron chi connectivity index (χ3n) is 4.70. The number of hydrogen-bond acceptors (Lipinski definition) is 6. The highest BCUT2D eigenvalue weighted by Crippen LogP contribution is 2.23. The van der Waals surface area contributed by atoms with E-state index >= 15 is 0 Å². The van der Waals surface area contributed by atoms with Crippen LogP contribution < -0.4 is 10.2 Å². The first-order valence-corrected chi connectivity index (χ1v) is 8.75. The van der Waals surface area contributed by atoms with Crippen molar-refractivity contribution in [3.8, 4) is 0 Å². The summed E-state index contributed by atoms with van der Waals surface area (Å²) in [6.07, 6.45) is 9.70. The van der Waals surface area contributed by atoms with Gasteiger partial charge in [0, 0.05) is 25.2 Å². The molecule has 2 fully saturated rings. The molecule has 1 aliphatic carbocycles. The zero-order valence-corrected chi connectivity index (χ0v) is 13.9. The van der Waals surface area contributed by atoms with Crippen molar-refractivity contribution in [3.63, 3.8) is 0 Å². The lowest BCUT2D eigenvalue weighted by molar-refractivity contribution is 0.0594. The Morgan fingerprint density at radius 1 is 1.13 bits per heavy atom. The van der Waals surface area contributed by atoms with Gasteiger partial charge in [0.25, 0.3) is 0 Å². The van der Waals surface area contributed by atoms with Gasteiger partial charge in [-0.3, -0.25) is 0 Å². The molecule has 1 aliphatic heterocycles. The van der Waals surface area contributed by atoms with Crippen LogP contribution in [0.5, 0.6) is 0 Å². The topological polar surface area (TPSA) is 67.3 Å². The number of rotatable bonds is 4. The predicted octanol–water partition coefficient (Wildman–Crippen LogP) is 3.00. The summed E-state index contributed by atoms with van der Waals surface area (Å²) < 4.78 is 4.85. The number of aromatic nitrogens is 2. The fraction of sp³-hybridized carbons (Fsp3) is 0.706. The van der Waals surface area contributed by atoms with Crippen LogP contribution in [0.15, 0.2) is 6.07 Å². The second kappa shape index (κ2) is 7.62. The van der Waals surface area contributed by atoms with Crippen molar-refractivity contribution in [2.45, 2.75) is 57.4 Å². The zero-order valence-electron chi connectivity index (χ0n) is 13.9. The quantitative estimate of drug-likeness (QED) is 0.861. The van der Waals surface area contributed by atoms with Crippen LogP contribution in [-0.2, 0) is 4.74 Å². The van der Waals surface area contributed by atoms with Gasteiger partial charge in [-0.15, -0.1) is 0 Å². The van der Waals surface area contributed by atoms with Crippen molar-refractivity contribution in [1.29, 1.82) is 0 Å². The van der Waals surface area contributed by atoms with Crippen LogP contribution in [0.4, 0.5) is 11.8 Å². The van der Waals surface area contributed by atoms with Gasteiger partial charge in [0.1, 0.15) is 5.82 Å². The van der Waals surface area contributed by atoms with E-state index in [1.807, 2.05) is 0 Å². The van der Waals surface area contributed by atoms with E-state index in [1.165, 1.54) is 32.8 Å². The minimum Gasteiger partial charge on any atom is -0.464 e. The third-order valence-corrected chi connectivity index (χ3v) is 4.70. The Morgan fingerprint density at radius 3 is 2.52 bits per heavy atom. The summed E-state index contributed by atoms with van der Waals surface area (Å²) in [5.41, 5.74) is 0.335. The van der Waals surface area contributed by atoms with E-state index in [9.17, 15) is 4.79 Å². The molecule has 6 nitrogen and oxygen atoms in total. The molecule has 126 valence electrons. The molecule has 0 atom stereocenters. The standard InChI is InChI=1S/C17H26N4O2/c1-23-16(22)14-12-15(18-13-8-4-2-5-9-13)20-17(19-14)21-10-6-3-7-11-21/h12-13H,2-11H2,1H3,(H,18,19,20). The molecule has 6 heteroatoms. The lowest BCUT2D eigenvalue weighted by atomic mass is 9.95. The lowest BCUT2D eigenvalue weighted by Crippen LogP contribution is -2.32. The highest BCUT2D eigenvalue weighted by atomic mass is 16.5. The highest BCUT2D eigenvalue weighted by molar-refractivity contribution is 5.88. The van der Waals surface area contributed by atoms with E-state index in [-0.39, 0.29) is 0 Å². The van der Waals surface area contributed by atoms with Gasteiger partial charge in [-0.2, -0.15) is 4.98 Å². The maximum absolute atomic E-state index is 11.9. The summed E-state index contributed by atoms with van der Waals surface area (Å²) in [6, 6.07) is 2.16. The van der Waals surface area contributed by atoms with Crippen molar-refractivity contribution in [2.24, 2.45) is 0 Å². The largest absolute Gasteiger partial charge is 0.464 e. The molecule has 1 saturated heterocycles. The van der Waals surface area contributed by atoms with Crippen molar-refractivity contribution in [2.75, 3.05) is 30.4 Å². The van der Waals surface area contributed by atoms with Gasteiger partial charge in [-0.25, -0.2) is 9.78 Å². The molecular weight excluding hydrogens is 292 g/mol. The number of anilines is 2. The smallest absolute Gasteiger partial charge is 0.356 e. The maximum Gasteiger partial charge on any atom is 0.356 e. The fourth-order valence-electron chi connectivity index (χ4n) is 3.41. The Balaban J connectivity index is 1.82. The Morgan fingerprint density at radius 2 is 1.83 bits per heavy atom. The van der Waals surface area contributed by atoms with Crippen molar-refractivity contribution >= 4 is 17.7 Å². The van der Waals surface area contributed by atoms with E-state index in [2.05, 4.69) is 20.2 Å². The molecule has 0 spiro atoms. The molecule has 1 N–H and O–H groups in total. The summed E-state index contributed by atoms with van der Waals surface area (Å²) in [6.45, 7) is 1.90. The second-order valence-corrected chi connectivity index (χ2v) is 6.46. The number of carbonyl (C=O) groups excluding carboxylic acids is 1. The van der Waals surface area contributed by atoms with Crippen LogP contribution in [0.2, 0.25) is 0 Å². The molecule has 3 rings (SSSR count). The molecule has 1 saturated carbocycles. The van der Waals surface area contributed by atoms with Crippen LogP contribution in [0, 0.1) is 0 Å². The molecule has 23 heavy (non-hydrogen) atoms. The molecule has 0 bridgehead atoms. The van der Waals surface area contributed by atoms with E-state index in [1.54, 1.807) is 6.07 Å². The average molecular weight is 318 g/mol. The second-order valence-electron chi connectivity index (χ2n) is 6.46. The number of ether oxygens (including phenoxy) is 1. The van der Waals surface area contributed by atoms with E-state index in [0.29, 0.717) is 17.7 Å². The number of nitrogens with zero attached hydrogens (tertiary/aromatic N) is 3. The van der Waals surface area contributed by atoms with Gasteiger partial charge in [0.05, 0.1) is 7.11 Å². The SMILES string of the molecule is COC(=O)c1cc(NC2CCCCC2)nc(N2CCCCC2)n1. The lowest BCUT2D eigenvalue weighted by Gasteiger charge is -2.28. The summed E-state index contributed by atoms with van der Waals surface area (Å²) in [7, 11) is 1.39. The Kier molecular flexibility index (Phi) is 5.31. The van der Waals surface area contributed by atoms with Gasteiger partial charge in [0.2, 0.25) is 5.95 Å². The Bertz CT molecular complexity index is 537. The average Bonchev–Trinajstić information content (AvgIpc) is 2.62. The molecule has 0 amide bonds. The number of esters is 1. The van der Waals surface area contributed by atoms with Crippen LogP contribution in [0.3, 0.4) is 0 Å². The molecule has 1 aromatic heterocycles. The summed E-state index contributed by atoms with van der Waals surface area (Å²) in [5.74, 6) is 0.983. The van der Waals surface area contributed by atoms with E-state index in [0.717, 1.165) is 44.6 Å². The van der Waals surface area contributed by atoms with Gasteiger partial charge < -0.3 is 15.0 Å². The summed E-state index contributed by atoms with van der Waals surface area (Å²) in [4.78, 5) is 23.2. The maximum atomic E-state index is 11.9. The molecule has 0 radical (unpaired) electrons. The molecule has 2 heterocycles. The zero-order chi connectivity index (χ0) is 16.1. The van der Waals surface area contributed by atoms with E-state index < -0.39 is 5.97 Å². The molecule has 0 unspecified atom stereocenters. The van der Waals surface area contributed by atoms with Crippen molar-refractivity contribution < 1.29 is 9.53 Å². The number of hydrogen-bond donors (Lipinski definition) is 1. The predicted molar refractivity (Wildman–Crippen MR) is 89.9 cm³/mol. The normalized spacial score (nSPS) is 19.4. The molecular formula is C17H26N4O2. The van der Waals surface area contributed by atoms with E-state index in [4.69, 9.17) is 4.74 Å². The van der Waals surface area contributed by atoms with Crippen molar-refractivity contribution in [3.05, 3.63) is 11.8 Å². The molecule has 2 aliphatic rings. The number of piperidine rings is 1. The first kappa shape index (κ1) is 16.0. The number of carbonyl (C=O) groups is 1. The van der Waals surface area contributed by atoms with Crippen LogP contribution in [-0.4, -0.2) is 42.2 Å². The minimum atomic E-state index is -0.405. The minimum absolute atomic E-state index is 0.335. The van der Waals surface area contributed by atoms with Gasteiger partial charge in [-0.05, 0) is 32.1 Å². The van der Waals surface area contributed by atoms with Crippen LogP contribution >= 0.6 is 0 Å². The summed E-state index contributed by atoms with van der Waals surface area (Å²) >= 11 is 0. The first-order valence-electron chi connectivity index (χ1n) is 8.75. The van der Waals surface area contributed by atoms with Gasteiger partial charge in [-0.1, -0.05) is 19.3 Å². The van der Waals surface area contributed by atoms with Crippen molar-refractivity contribution in [1.82, 2.24) is 9.97 Å². The Hall–Kier alpha value is -1.85. The number of nitrogens with one attached hydrogen (secondary N) is 1. The first-order chi connectivity index (χ1) is 11.3. The summed E-state index contributed by atoms with van der Waals surface area (Å²) in [5, 5.41) is 3.49. The number of methoxy groups -OCH3 is 1. The third kappa shape index (κ3) is 4.12. The molecule has 1 aromatic rings. The van der Waals surface area contributed by atoms with Gasteiger partial charge in [0.15, 0.2) is 5.69 Å². The fourth-order valence-corrected chi connectivity index (χ4v) is 3.41. The molecule has 0 aromatic carbocycles. The van der Waals surface area contributed by atoms with Gasteiger partial charge >= 0.3 is 5.97 Å². The monoisotopic (exact) mass is 318 g/mol.